The number of aliphatic imine (C=N–C) groups is 1. The van der Waals surface area contributed by atoms with Crippen LogP contribution in [-0.2, 0) is 0 Å². The summed E-state index contributed by atoms with van der Waals surface area (Å²) in [5, 5.41) is 3.76. The molecule has 0 amide bonds. The average Bonchev–Trinajstić information content (AvgIpc) is 2.62. The first kappa shape index (κ1) is 10.9. The van der Waals surface area contributed by atoms with Crippen LogP contribution in [0.1, 0.15) is 11.1 Å². The number of fused-ring (bicyclic) bond motifs is 1. The Morgan fingerprint density at radius 1 is 1.44 bits per heavy atom. The number of nitrogens with zero attached hydrogens (tertiary/aromatic N) is 2. The van der Waals surface area contributed by atoms with Gasteiger partial charge in [0.2, 0.25) is 0 Å². The summed E-state index contributed by atoms with van der Waals surface area (Å²) in [5.41, 5.74) is 10.1. The van der Waals surface area contributed by atoms with E-state index in [2.05, 4.69) is 35.2 Å². The lowest BCUT2D eigenvalue weighted by atomic mass is 10.1. The number of hydrogen-bond acceptors (Lipinski definition) is 4. The number of nitrogens with one attached hydrogen (secondary N) is 1. The molecule has 5 heteroatoms. The smallest absolute Gasteiger partial charge is 0.181 e. The summed E-state index contributed by atoms with van der Waals surface area (Å²) >= 11 is 1.50. The Balaban J connectivity index is 2.63. The molecule has 0 saturated carbocycles. The molecule has 0 unspecified atom stereocenters. The number of hydrogen-bond donors (Lipinski definition) is 2. The number of aromatic nitrogens is 1. The molecule has 1 aromatic carbocycles. The number of rotatable bonds is 2. The van der Waals surface area contributed by atoms with Crippen LogP contribution in [0.15, 0.2) is 11.1 Å². The van der Waals surface area contributed by atoms with Crippen molar-refractivity contribution in [1.29, 1.82) is 0 Å². The molecule has 84 valence electrons. The van der Waals surface area contributed by atoms with E-state index < -0.39 is 0 Å². The maximum Gasteiger partial charge on any atom is 0.181 e. The minimum atomic E-state index is 0.610. The first-order valence-electron chi connectivity index (χ1n) is 4.97. The van der Waals surface area contributed by atoms with Crippen LogP contribution in [0.25, 0.3) is 10.2 Å². The molecule has 0 aliphatic carbocycles. The van der Waals surface area contributed by atoms with Crippen LogP contribution >= 0.6 is 11.3 Å². The van der Waals surface area contributed by atoms with Crippen molar-refractivity contribution in [1.82, 2.24) is 4.98 Å². The predicted octanol–water partition coefficient (Wildman–Crippen LogP) is 2.57. The number of aryl methyl sites for hydroxylation is 1. The van der Waals surface area contributed by atoms with Crippen molar-refractivity contribution in [2.75, 3.05) is 18.1 Å². The van der Waals surface area contributed by atoms with Gasteiger partial charge in [-0.25, -0.2) is 4.98 Å². The normalized spacial score (nSPS) is 11.4. The Morgan fingerprint density at radius 2 is 2.19 bits per heavy atom. The molecule has 0 atom stereocenters. The second kappa shape index (κ2) is 4.09. The lowest BCUT2D eigenvalue weighted by Crippen LogP contribution is -1.98. The van der Waals surface area contributed by atoms with Gasteiger partial charge in [0, 0.05) is 12.7 Å². The lowest BCUT2D eigenvalue weighted by Gasteiger charge is -2.08. The van der Waals surface area contributed by atoms with E-state index in [4.69, 9.17) is 5.73 Å². The van der Waals surface area contributed by atoms with Gasteiger partial charge >= 0.3 is 0 Å². The molecule has 0 aliphatic heterocycles. The summed E-state index contributed by atoms with van der Waals surface area (Å²) in [4.78, 5) is 8.24. The van der Waals surface area contributed by atoms with Crippen LogP contribution < -0.4 is 11.1 Å². The average molecular weight is 234 g/mol. The topological polar surface area (TPSA) is 63.3 Å². The third kappa shape index (κ3) is 1.74. The second-order valence-electron chi connectivity index (χ2n) is 3.60. The van der Waals surface area contributed by atoms with Crippen molar-refractivity contribution < 1.29 is 0 Å². The monoisotopic (exact) mass is 234 g/mol. The fraction of sp³-hybridized carbons (Fsp3) is 0.273. The van der Waals surface area contributed by atoms with E-state index in [1.165, 1.54) is 16.9 Å². The van der Waals surface area contributed by atoms with Gasteiger partial charge < -0.3 is 11.1 Å². The summed E-state index contributed by atoms with van der Waals surface area (Å²) in [6, 6.07) is 2.06. The maximum absolute atomic E-state index is 5.72. The standard InChI is InChI=1S/C11H14N4S/c1-6-7(2)10-9(16-11(12)15-10)4-8(6)14-5-13-3/h4-5H,1-3H3,(H2,12,15)(H,13,14). The van der Waals surface area contributed by atoms with Gasteiger partial charge in [-0.1, -0.05) is 11.3 Å². The van der Waals surface area contributed by atoms with Gasteiger partial charge in [-0.3, -0.25) is 4.99 Å². The minimum Gasteiger partial charge on any atom is -0.375 e. The molecule has 2 aromatic rings. The van der Waals surface area contributed by atoms with E-state index in [0.717, 1.165) is 21.5 Å². The van der Waals surface area contributed by atoms with Gasteiger partial charge in [-0.05, 0) is 31.0 Å². The highest BCUT2D eigenvalue weighted by atomic mass is 32.1. The maximum atomic E-state index is 5.72. The molecule has 1 heterocycles. The third-order valence-electron chi connectivity index (χ3n) is 2.62. The third-order valence-corrected chi connectivity index (χ3v) is 3.45. The molecular weight excluding hydrogens is 220 g/mol. The molecule has 0 bridgehead atoms. The number of nitrogens with two attached hydrogens (primary N) is 1. The quantitative estimate of drug-likeness (QED) is 0.620. The molecule has 3 N–H and O–H groups in total. The minimum absolute atomic E-state index is 0.610. The van der Waals surface area contributed by atoms with Gasteiger partial charge in [0.25, 0.3) is 0 Å². The summed E-state index contributed by atoms with van der Waals surface area (Å²) in [7, 11) is 1.73. The van der Waals surface area contributed by atoms with E-state index >= 15 is 0 Å². The largest absolute Gasteiger partial charge is 0.375 e. The van der Waals surface area contributed by atoms with Crippen LogP contribution in [-0.4, -0.2) is 18.4 Å². The van der Waals surface area contributed by atoms with Gasteiger partial charge in [-0.2, -0.15) is 0 Å². The van der Waals surface area contributed by atoms with Crippen molar-refractivity contribution in [2.45, 2.75) is 13.8 Å². The summed E-state index contributed by atoms with van der Waals surface area (Å²) in [6.07, 6.45) is 1.68. The van der Waals surface area contributed by atoms with E-state index in [9.17, 15) is 0 Å². The first-order valence-corrected chi connectivity index (χ1v) is 5.78. The van der Waals surface area contributed by atoms with Crippen molar-refractivity contribution >= 4 is 38.7 Å². The fourth-order valence-electron chi connectivity index (χ4n) is 1.62. The highest BCUT2D eigenvalue weighted by molar-refractivity contribution is 7.22. The fourth-order valence-corrected chi connectivity index (χ4v) is 2.45. The van der Waals surface area contributed by atoms with Crippen molar-refractivity contribution in [3.8, 4) is 0 Å². The van der Waals surface area contributed by atoms with E-state index in [-0.39, 0.29) is 0 Å². The highest BCUT2D eigenvalue weighted by Crippen LogP contribution is 2.32. The van der Waals surface area contributed by atoms with Crippen molar-refractivity contribution in [3.05, 3.63) is 17.2 Å². The van der Waals surface area contributed by atoms with Crippen LogP contribution in [0, 0.1) is 13.8 Å². The number of thiazole rings is 1. The van der Waals surface area contributed by atoms with Crippen molar-refractivity contribution in [2.24, 2.45) is 4.99 Å². The number of anilines is 2. The number of nitrogen functional groups attached to an aromatic ring is 1. The van der Waals surface area contributed by atoms with Crippen LogP contribution in [0.2, 0.25) is 0 Å². The van der Waals surface area contributed by atoms with E-state index in [1.54, 1.807) is 13.4 Å². The van der Waals surface area contributed by atoms with Crippen LogP contribution in [0.3, 0.4) is 0 Å². The van der Waals surface area contributed by atoms with Crippen molar-refractivity contribution in [3.63, 3.8) is 0 Å². The van der Waals surface area contributed by atoms with Crippen LogP contribution in [0.5, 0.6) is 0 Å². The molecule has 0 fully saturated rings. The molecule has 4 nitrogen and oxygen atoms in total. The van der Waals surface area contributed by atoms with E-state index in [1.807, 2.05) is 0 Å². The van der Waals surface area contributed by atoms with Gasteiger partial charge in [0.15, 0.2) is 5.13 Å². The predicted molar refractivity (Wildman–Crippen MR) is 71.5 cm³/mol. The Kier molecular flexibility index (Phi) is 2.78. The zero-order valence-corrected chi connectivity index (χ0v) is 10.4. The first-order chi connectivity index (χ1) is 7.63. The van der Waals surface area contributed by atoms with Gasteiger partial charge in [0.05, 0.1) is 16.6 Å². The number of benzene rings is 1. The summed E-state index contributed by atoms with van der Waals surface area (Å²) < 4.78 is 1.10. The zero-order valence-electron chi connectivity index (χ0n) is 9.53. The molecule has 0 spiro atoms. The molecule has 16 heavy (non-hydrogen) atoms. The highest BCUT2D eigenvalue weighted by Gasteiger charge is 2.09. The second-order valence-corrected chi connectivity index (χ2v) is 4.67. The van der Waals surface area contributed by atoms with Crippen LogP contribution in [0.4, 0.5) is 10.8 Å². The molecule has 1 aromatic heterocycles. The Morgan fingerprint density at radius 3 is 2.88 bits per heavy atom. The molecule has 0 saturated heterocycles. The molecule has 2 rings (SSSR count). The Hall–Kier alpha value is -1.62. The molecule has 0 radical (unpaired) electrons. The molecular formula is C11H14N4S. The Labute approximate surface area is 98.2 Å². The Bertz CT molecular complexity index is 557. The molecule has 0 aliphatic rings. The SMILES string of the molecule is CN=CNc1cc2sc(N)nc2c(C)c1C. The lowest BCUT2D eigenvalue weighted by molar-refractivity contribution is 1.34. The van der Waals surface area contributed by atoms with Gasteiger partial charge in [0.1, 0.15) is 0 Å². The zero-order chi connectivity index (χ0) is 11.7. The van der Waals surface area contributed by atoms with Gasteiger partial charge in [-0.15, -0.1) is 0 Å². The summed E-state index contributed by atoms with van der Waals surface area (Å²) in [5.74, 6) is 0. The van der Waals surface area contributed by atoms with E-state index in [0.29, 0.717) is 5.13 Å². The summed E-state index contributed by atoms with van der Waals surface area (Å²) in [6.45, 7) is 4.13.